The number of carbonyl (C=O) groups excluding carboxylic acids is 2. The van der Waals surface area contributed by atoms with Gasteiger partial charge < -0.3 is 14.9 Å². The van der Waals surface area contributed by atoms with E-state index in [0.717, 1.165) is 18.7 Å². The van der Waals surface area contributed by atoms with E-state index in [4.69, 9.17) is 0 Å². The number of aromatic hydroxyl groups is 1. The van der Waals surface area contributed by atoms with Gasteiger partial charge in [0.1, 0.15) is 5.75 Å². The molecule has 1 N–H and O–H groups in total. The molecule has 0 spiro atoms. The van der Waals surface area contributed by atoms with Crippen LogP contribution in [0.5, 0.6) is 5.75 Å². The van der Waals surface area contributed by atoms with E-state index in [-0.39, 0.29) is 23.5 Å². The normalized spacial score (nSPS) is 17.0. The number of benzene rings is 3. The maximum atomic E-state index is 13.3. The number of amides is 1. The molecule has 1 heterocycles. The summed E-state index contributed by atoms with van der Waals surface area (Å²) in [5.74, 6) is -0.172. The highest BCUT2D eigenvalue weighted by Crippen LogP contribution is 2.27. The smallest absolute Gasteiger partial charge is 0.254 e. The number of rotatable bonds is 4. The lowest BCUT2D eigenvalue weighted by atomic mass is 9.99. The summed E-state index contributed by atoms with van der Waals surface area (Å²) in [5.41, 5.74) is 2.58. The van der Waals surface area contributed by atoms with Gasteiger partial charge in [-0.25, -0.2) is 0 Å². The van der Waals surface area contributed by atoms with Crippen molar-refractivity contribution < 1.29 is 14.7 Å². The van der Waals surface area contributed by atoms with Gasteiger partial charge in [-0.3, -0.25) is 9.59 Å². The molecule has 5 nitrogen and oxygen atoms in total. The summed E-state index contributed by atoms with van der Waals surface area (Å²) in [7, 11) is 2.07. The summed E-state index contributed by atoms with van der Waals surface area (Å²) >= 11 is 0. The van der Waals surface area contributed by atoms with Crippen molar-refractivity contribution >= 4 is 11.7 Å². The minimum Gasteiger partial charge on any atom is -0.508 e. The van der Waals surface area contributed by atoms with Crippen molar-refractivity contribution in [3.63, 3.8) is 0 Å². The Bertz CT molecular complexity index is 1050. The summed E-state index contributed by atoms with van der Waals surface area (Å²) in [6.07, 6.45) is 0. The van der Waals surface area contributed by atoms with E-state index < -0.39 is 0 Å². The van der Waals surface area contributed by atoms with E-state index in [1.807, 2.05) is 23.1 Å². The number of carbonyl (C=O) groups is 2. The van der Waals surface area contributed by atoms with Crippen LogP contribution in [0.3, 0.4) is 0 Å². The van der Waals surface area contributed by atoms with Gasteiger partial charge in [-0.2, -0.15) is 0 Å². The van der Waals surface area contributed by atoms with Gasteiger partial charge in [0.05, 0.1) is 6.04 Å². The Hall–Kier alpha value is -3.44. The summed E-state index contributed by atoms with van der Waals surface area (Å²) in [4.78, 5) is 30.1. The van der Waals surface area contributed by atoms with Crippen molar-refractivity contribution in [2.45, 2.75) is 6.04 Å². The van der Waals surface area contributed by atoms with Crippen molar-refractivity contribution in [3.8, 4) is 5.75 Å². The average molecular weight is 400 g/mol. The predicted octanol–water partition coefficient (Wildman–Crippen LogP) is 3.75. The molecule has 0 aliphatic carbocycles. The fourth-order valence-electron chi connectivity index (χ4n) is 3.87. The van der Waals surface area contributed by atoms with Gasteiger partial charge in [-0.05, 0) is 36.9 Å². The lowest BCUT2D eigenvalue weighted by Crippen LogP contribution is -2.49. The maximum Gasteiger partial charge on any atom is 0.254 e. The van der Waals surface area contributed by atoms with Crippen LogP contribution in [0.4, 0.5) is 0 Å². The molecule has 1 fully saturated rings. The van der Waals surface area contributed by atoms with E-state index in [9.17, 15) is 14.7 Å². The Kier molecular flexibility index (Phi) is 5.63. The zero-order chi connectivity index (χ0) is 21.1. The van der Waals surface area contributed by atoms with Gasteiger partial charge in [0.15, 0.2) is 5.78 Å². The fourth-order valence-corrected chi connectivity index (χ4v) is 3.87. The summed E-state index contributed by atoms with van der Waals surface area (Å²) < 4.78 is 0. The zero-order valence-electron chi connectivity index (χ0n) is 16.9. The average Bonchev–Trinajstić information content (AvgIpc) is 2.79. The first kappa shape index (κ1) is 19.9. The van der Waals surface area contributed by atoms with Gasteiger partial charge in [0, 0.05) is 36.3 Å². The SMILES string of the molecule is CN1CCN(C(=O)c2ccc(C(=O)c3cccc(O)c3)cc2)C(c2ccccc2)C1. The number of phenols is 1. The summed E-state index contributed by atoms with van der Waals surface area (Å²) in [6, 6.07) is 23.1. The van der Waals surface area contributed by atoms with Crippen LogP contribution in [0.2, 0.25) is 0 Å². The van der Waals surface area contributed by atoms with E-state index >= 15 is 0 Å². The monoisotopic (exact) mass is 400 g/mol. The van der Waals surface area contributed by atoms with Crippen LogP contribution in [0, 0.1) is 0 Å². The highest BCUT2D eigenvalue weighted by atomic mass is 16.3. The van der Waals surface area contributed by atoms with Gasteiger partial charge in [0.25, 0.3) is 5.91 Å². The molecule has 1 unspecified atom stereocenters. The standard InChI is InChI=1S/C25H24N2O3/c1-26-14-15-27(23(17-26)18-6-3-2-4-7-18)25(30)20-12-10-19(11-13-20)24(29)21-8-5-9-22(28)16-21/h2-13,16,23,28H,14-15,17H2,1H3. The first-order valence-corrected chi connectivity index (χ1v) is 10.0. The van der Waals surface area contributed by atoms with E-state index in [1.54, 1.807) is 36.4 Å². The molecule has 5 heteroatoms. The van der Waals surface area contributed by atoms with Crippen LogP contribution >= 0.6 is 0 Å². The second-order valence-electron chi connectivity index (χ2n) is 7.64. The molecular weight excluding hydrogens is 376 g/mol. The topological polar surface area (TPSA) is 60.9 Å². The molecule has 0 saturated carbocycles. The third kappa shape index (κ3) is 4.11. The molecule has 152 valence electrons. The number of nitrogens with zero attached hydrogens (tertiary/aromatic N) is 2. The Morgan fingerprint density at radius 3 is 2.23 bits per heavy atom. The van der Waals surface area contributed by atoms with Gasteiger partial charge in [-0.1, -0.05) is 54.6 Å². The summed E-state index contributed by atoms with van der Waals surface area (Å²) in [6.45, 7) is 2.26. The Balaban J connectivity index is 1.56. The summed E-state index contributed by atoms with van der Waals surface area (Å²) in [5, 5.41) is 9.60. The first-order chi connectivity index (χ1) is 14.5. The first-order valence-electron chi connectivity index (χ1n) is 10.0. The van der Waals surface area contributed by atoms with Crippen LogP contribution in [-0.4, -0.2) is 53.3 Å². The maximum absolute atomic E-state index is 13.3. The Morgan fingerprint density at radius 1 is 0.833 bits per heavy atom. The molecule has 0 radical (unpaired) electrons. The molecule has 1 aliphatic rings. The van der Waals surface area contributed by atoms with Gasteiger partial charge >= 0.3 is 0 Å². The van der Waals surface area contributed by atoms with Crippen molar-refractivity contribution in [2.24, 2.45) is 0 Å². The molecule has 1 atom stereocenters. The van der Waals surface area contributed by atoms with Gasteiger partial charge in [0.2, 0.25) is 0 Å². The van der Waals surface area contributed by atoms with Crippen LogP contribution in [0.1, 0.15) is 37.9 Å². The van der Waals surface area contributed by atoms with Crippen LogP contribution < -0.4 is 0 Å². The highest BCUT2D eigenvalue weighted by Gasteiger charge is 2.30. The quantitative estimate of drug-likeness (QED) is 0.678. The number of piperazine rings is 1. The molecule has 1 aliphatic heterocycles. The van der Waals surface area contributed by atoms with E-state index in [1.165, 1.54) is 12.1 Å². The number of hydrogen-bond acceptors (Lipinski definition) is 4. The third-order valence-electron chi connectivity index (χ3n) is 5.53. The molecule has 0 bridgehead atoms. The molecule has 30 heavy (non-hydrogen) atoms. The van der Waals surface area contributed by atoms with Crippen LogP contribution in [0.25, 0.3) is 0 Å². The Morgan fingerprint density at radius 2 is 1.53 bits per heavy atom. The predicted molar refractivity (Wildman–Crippen MR) is 116 cm³/mol. The minimum atomic E-state index is -0.188. The van der Waals surface area contributed by atoms with E-state index in [2.05, 4.69) is 24.1 Å². The molecule has 1 saturated heterocycles. The number of likely N-dealkylation sites (N-methyl/N-ethyl adjacent to an activating group) is 1. The molecule has 3 aromatic carbocycles. The number of ketones is 1. The van der Waals surface area contributed by atoms with Gasteiger partial charge in [-0.15, -0.1) is 0 Å². The van der Waals surface area contributed by atoms with Crippen molar-refractivity contribution in [3.05, 3.63) is 101 Å². The van der Waals surface area contributed by atoms with Crippen molar-refractivity contribution in [1.82, 2.24) is 9.80 Å². The highest BCUT2D eigenvalue weighted by molar-refractivity contribution is 6.09. The number of hydrogen-bond donors (Lipinski definition) is 1. The van der Waals surface area contributed by atoms with Crippen molar-refractivity contribution in [1.29, 1.82) is 0 Å². The van der Waals surface area contributed by atoms with E-state index in [0.29, 0.717) is 23.2 Å². The molecule has 3 aromatic rings. The molecule has 0 aromatic heterocycles. The molecular formula is C25H24N2O3. The zero-order valence-corrected chi connectivity index (χ0v) is 16.9. The molecule has 4 rings (SSSR count). The number of phenolic OH excluding ortho intramolecular Hbond substituents is 1. The second-order valence-corrected chi connectivity index (χ2v) is 7.64. The van der Waals surface area contributed by atoms with Crippen molar-refractivity contribution in [2.75, 3.05) is 26.7 Å². The third-order valence-corrected chi connectivity index (χ3v) is 5.53. The molecule has 1 amide bonds. The minimum absolute atomic E-state index is 0.00828. The Labute approximate surface area is 176 Å². The fraction of sp³-hybridized carbons (Fsp3) is 0.200. The van der Waals surface area contributed by atoms with Crippen LogP contribution in [-0.2, 0) is 0 Å². The second kappa shape index (κ2) is 8.51. The lowest BCUT2D eigenvalue weighted by molar-refractivity contribution is 0.0498. The lowest BCUT2D eigenvalue weighted by Gasteiger charge is -2.40. The van der Waals surface area contributed by atoms with Crippen LogP contribution in [0.15, 0.2) is 78.9 Å². The largest absolute Gasteiger partial charge is 0.508 e.